The highest BCUT2D eigenvalue weighted by molar-refractivity contribution is 8.02. The van der Waals surface area contributed by atoms with E-state index in [4.69, 9.17) is 15.7 Å². The number of nitrogens with zero attached hydrogens (tertiary/aromatic N) is 5. The summed E-state index contributed by atoms with van der Waals surface area (Å²) in [5.41, 5.74) is 6.61. The normalized spacial score (nSPS) is 18.9. The monoisotopic (exact) mass is 622 g/mol. The summed E-state index contributed by atoms with van der Waals surface area (Å²) in [7, 11) is 1.90. The fourth-order valence-electron chi connectivity index (χ4n) is 3.96. The maximum Gasteiger partial charge on any atom is 0.352 e. The summed E-state index contributed by atoms with van der Waals surface area (Å²) in [5, 5.41) is 25.8. The lowest BCUT2D eigenvalue weighted by molar-refractivity contribution is -0.646. The first kappa shape index (κ1) is 27.8. The van der Waals surface area contributed by atoms with Crippen LogP contribution in [0.15, 0.2) is 44.5 Å². The van der Waals surface area contributed by atoms with Crippen molar-refractivity contribution in [3.8, 4) is 0 Å². The number of thioether (sulfide) groups is 2. The first-order chi connectivity index (χ1) is 19.1. The van der Waals surface area contributed by atoms with E-state index in [-0.39, 0.29) is 22.2 Å². The minimum atomic E-state index is -1.30. The van der Waals surface area contributed by atoms with Gasteiger partial charge in [0.05, 0.1) is 13.2 Å². The molecule has 2 amide bonds. The molecule has 5 rings (SSSR count). The van der Waals surface area contributed by atoms with E-state index >= 15 is 0 Å². The number of hydrogen-bond donors (Lipinski definition) is 4. The number of carbonyl (C=O) groups excluding carboxylic acids is 2. The largest absolute Gasteiger partial charge is 0.479 e. The predicted molar refractivity (Wildman–Crippen MR) is 148 cm³/mol. The predicted octanol–water partition coefficient (Wildman–Crippen LogP) is 0.496. The number of aromatic nitrogens is 3. The van der Waals surface area contributed by atoms with Crippen molar-refractivity contribution in [1.29, 1.82) is 0 Å². The number of aryl methyl sites for hydroxylation is 1. The number of thiazole rings is 2. The van der Waals surface area contributed by atoms with Gasteiger partial charge in [-0.05, 0) is 22.7 Å². The quantitative estimate of drug-likeness (QED) is 0.0803. The molecule has 0 radical (unpaired) electrons. The highest BCUT2D eigenvalue weighted by Gasteiger charge is 2.54. The van der Waals surface area contributed by atoms with Crippen LogP contribution >= 0.6 is 46.2 Å². The third-order valence-corrected chi connectivity index (χ3v) is 9.99. The van der Waals surface area contributed by atoms with Gasteiger partial charge >= 0.3 is 17.6 Å². The van der Waals surface area contributed by atoms with Crippen LogP contribution in [0.5, 0.6) is 0 Å². The number of carboxylic acids is 2. The Balaban J connectivity index is 1.31. The van der Waals surface area contributed by atoms with Crippen LogP contribution in [0.3, 0.4) is 0 Å². The summed E-state index contributed by atoms with van der Waals surface area (Å²) in [4.78, 5) is 63.6. The number of nitrogen functional groups attached to an aromatic ring is 1. The number of rotatable bonds is 10. The molecule has 5 heterocycles. The van der Waals surface area contributed by atoms with Gasteiger partial charge < -0.3 is 26.1 Å². The van der Waals surface area contributed by atoms with Crippen molar-refractivity contribution in [2.75, 3.05) is 23.8 Å². The molecule has 2 aliphatic rings. The van der Waals surface area contributed by atoms with Gasteiger partial charge in [0.1, 0.15) is 27.5 Å². The minimum Gasteiger partial charge on any atom is -0.479 e. The lowest BCUT2D eigenvalue weighted by atomic mass is 10.0. The van der Waals surface area contributed by atoms with Crippen LogP contribution in [-0.2, 0) is 31.1 Å². The zero-order valence-corrected chi connectivity index (χ0v) is 23.7. The average molecular weight is 623 g/mol. The molecular weight excluding hydrogens is 603 g/mol. The molecule has 5 N–H and O–H groups in total. The van der Waals surface area contributed by atoms with Crippen molar-refractivity contribution >= 4 is 91.1 Å². The molecule has 3 aromatic rings. The third-order valence-electron chi connectivity index (χ3n) is 5.74. The second-order valence-corrected chi connectivity index (χ2v) is 12.6. The second kappa shape index (κ2) is 11.4. The zero-order chi connectivity index (χ0) is 28.6. The van der Waals surface area contributed by atoms with E-state index in [0.717, 1.165) is 26.0 Å². The maximum absolute atomic E-state index is 13.1. The fourth-order valence-corrected chi connectivity index (χ4v) is 8.10. The molecule has 2 atom stereocenters. The number of carbonyl (C=O) groups is 4. The minimum absolute atomic E-state index is 0.0409. The van der Waals surface area contributed by atoms with Crippen LogP contribution in [0.4, 0.5) is 5.13 Å². The Hall–Kier alpha value is -3.74. The molecular formula is C22H20N7O7S4+. The Kier molecular flexibility index (Phi) is 7.92. The van der Waals surface area contributed by atoms with Gasteiger partial charge in [-0.15, -0.1) is 23.1 Å². The van der Waals surface area contributed by atoms with Crippen LogP contribution in [0.25, 0.3) is 10.3 Å². The van der Waals surface area contributed by atoms with Crippen LogP contribution < -0.4 is 15.6 Å². The number of hydrogen-bond acceptors (Lipinski definition) is 13. The van der Waals surface area contributed by atoms with E-state index in [9.17, 15) is 24.3 Å². The molecule has 3 aromatic heterocycles. The summed E-state index contributed by atoms with van der Waals surface area (Å²) >= 11 is 5.26. The first-order valence-electron chi connectivity index (χ1n) is 11.4. The van der Waals surface area contributed by atoms with Crippen molar-refractivity contribution in [3.63, 3.8) is 0 Å². The number of β-lactam (4-membered cyclic amide) rings is 1. The fraction of sp³-hybridized carbons (Fsp3) is 0.273. The standard InChI is InChI=1S/C22H19N7O7S4/c1-28-4-2-3-11-16(28)26-22(40-11)39-7-9-6-37-19-14(18(33)29(19)15(9)20(34)35)25-17(32)13(27-36-5-12(30)31)10-8-38-21(23)24-10/h2-4,8,14,19H,5-7H2,1H3,(H4-,23,24,25,30,31,32,34,35)/p+1/t14-,19-/m0/s1. The van der Waals surface area contributed by atoms with Crippen LogP contribution in [0.2, 0.25) is 0 Å². The molecule has 1 fully saturated rings. The number of carboxylic acid groups (broad SMARTS) is 2. The molecule has 14 nitrogen and oxygen atoms in total. The molecule has 1 saturated heterocycles. The molecule has 0 bridgehead atoms. The Morgan fingerprint density at radius 2 is 2.15 bits per heavy atom. The smallest absolute Gasteiger partial charge is 0.352 e. The third kappa shape index (κ3) is 5.47. The molecule has 0 spiro atoms. The number of amides is 2. The number of pyridine rings is 1. The molecule has 2 aliphatic heterocycles. The van der Waals surface area contributed by atoms with Gasteiger partial charge in [-0.3, -0.25) is 14.5 Å². The average Bonchev–Trinajstić information content (AvgIpc) is 3.54. The van der Waals surface area contributed by atoms with E-state index in [0.29, 0.717) is 17.1 Å². The first-order valence-corrected chi connectivity index (χ1v) is 15.1. The summed E-state index contributed by atoms with van der Waals surface area (Å²) in [5.74, 6) is -3.32. The van der Waals surface area contributed by atoms with E-state index in [1.807, 2.05) is 29.9 Å². The molecule has 0 aromatic carbocycles. The number of fused-ring (bicyclic) bond motifs is 2. The number of aliphatic carboxylic acids is 2. The number of nitrogens with one attached hydrogen (secondary N) is 1. The summed E-state index contributed by atoms with van der Waals surface area (Å²) in [6.07, 6.45) is 1.90. The molecule has 18 heteroatoms. The topological polar surface area (TPSA) is 201 Å². The van der Waals surface area contributed by atoms with Gasteiger partial charge in [0.2, 0.25) is 6.61 Å². The van der Waals surface area contributed by atoms with Crippen molar-refractivity contribution in [2.24, 2.45) is 12.2 Å². The molecule has 0 saturated carbocycles. The van der Waals surface area contributed by atoms with Gasteiger partial charge in [0, 0.05) is 16.9 Å². The zero-order valence-electron chi connectivity index (χ0n) is 20.5. The van der Waals surface area contributed by atoms with Gasteiger partial charge in [-0.1, -0.05) is 28.3 Å². The van der Waals surface area contributed by atoms with Crippen molar-refractivity contribution in [2.45, 2.75) is 15.8 Å². The number of oxime groups is 1. The van der Waals surface area contributed by atoms with Crippen molar-refractivity contribution < 1.29 is 38.8 Å². The SMILES string of the molecule is C[n+]1cccc2sc(SCC3=C(C(=O)O)N4C(=O)[C@H](NC(=O)C(=NOCC(=O)O)c5csc(N)n5)[C@@H]4SC3)nc21. The van der Waals surface area contributed by atoms with Gasteiger partial charge in [-0.25, -0.2) is 19.1 Å². The Morgan fingerprint density at radius 1 is 1.35 bits per heavy atom. The van der Waals surface area contributed by atoms with Gasteiger partial charge in [0.15, 0.2) is 10.8 Å². The van der Waals surface area contributed by atoms with Crippen molar-refractivity contribution in [3.05, 3.63) is 40.7 Å². The molecule has 40 heavy (non-hydrogen) atoms. The van der Waals surface area contributed by atoms with Gasteiger partial charge in [0.25, 0.3) is 16.2 Å². The van der Waals surface area contributed by atoms with E-state index < -0.39 is 41.8 Å². The Morgan fingerprint density at radius 3 is 2.83 bits per heavy atom. The number of nitrogens with two attached hydrogens (primary N) is 1. The van der Waals surface area contributed by atoms with Crippen LogP contribution in [0, 0.1) is 0 Å². The maximum atomic E-state index is 13.1. The van der Waals surface area contributed by atoms with Crippen LogP contribution in [0.1, 0.15) is 5.69 Å². The van der Waals surface area contributed by atoms with E-state index in [1.54, 1.807) is 0 Å². The van der Waals surface area contributed by atoms with E-state index in [1.165, 1.54) is 45.1 Å². The Bertz CT molecular complexity index is 1600. The van der Waals surface area contributed by atoms with Crippen molar-refractivity contribution in [1.82, 2.24) is 20.2 Å². The van der Waals surface area contributed by atoms with Crippen LogP contribution in [-0.4, -0.2) is 84.1 Å². The molecule has 208 valence electrons. The molecule has 0 unspecified atom stereocenters. The summed E-state index contributed by atoms with van der Waals surface area (Å²) in [6.45, 7) is -0.798. The van der Waals surface area contributed by atoms with E-state index in [2.05, 4.69) is 20.4 Å². The second-order valence-electron chi connectivity index (χ2n) is 8.37. The lowest BCUT2D eigenvalue weighted by Gasteiger charge is -2.49. The Labute approximate surface area is 241 Å². The highest BCUT2D eigenvalue weighted by atomic mass is 32.2. The lowest BCUT2D eigenvalue weighted by Crippen LogP contribution is -2.71. The highest BCUT2D eigenvalue weighted by Crippen LogP contribution is 2.42. The molecule has 0 aliphatic carbocycles. The summed E-state index contributed by atoms with van der Waals surface area (Å²) < 4.78 is 3.69. The summed E-state index contributed by atoms with van der Waals surface area (Å²) in [6, 6.07) is 2.85. The van der Waals surface area contributed by atoms with Gasteiger partial charge in [-0.2, -0.15) is 0 Å². The number of anilines is 1.